The molecule has 2 rings (SSSR count). The largest absolute Gasteiger partial charge is 0.447 e. The lowest BCUT2D eigenvalue weighted by atomic mass is 10.1. The van der Waals surface area contributed by atoms with Crippen molar-refractivity contribution in [3.8, 4) is 0 Å². The summed E-state index contributed by atoms with van der Waals surface area (Å²) in [6.07, 6.45) is -0.321. The Morgan fingerprint density at radius 2 is 1.79 bits per heavy atom. The molecule has 0 aliphatic carbocycles. The van der Waals surface area contributed by atoms with Gasteiger partial charge in [-0.05, 0) is 32.9 Å². The van der Waals surface area contributed by atoms with Gasteiger partial charge in [-0.25, -0.2) is 9.78 Å². The molecular weight excluding hydrogens is 240 g/mol. The van der Waals surface area contributed by atoms with E-state index >= 15 is 0 Å². The molecule has 0 radical (unpaired) electrons. The van der Waals surface area contributed by atoms with Crippen LogP contribution in [0, 0.1) is 6.92 Å². The summed E-state index contributed by atoms with van der Waals surface area (Å²) in [5.74, 6) is 0.655. The zero-order valence-electron chi connectivity index (χ0n) is 13.2. The van der Waals surface area contributed by atoms with E-state index in [1.165, 1.54) is 0 Å². The fourth-order valence-electron chi connectivity index (χ4n) is 1.67. The fraction of sp³-hybridized carbons (Fsp3) is 0.600. The van der Waals surface area contributed by atoms with Crippen LogP contribution < -0.4 is 4.90 Å². The van der Waals surface area contributed by atoms with E-state index in [1.807, 2.05) is 66.7 Å². The van der Waals surface area contributed by atoms with Gasteiger partial charge in [-0.3, -0.25) is 4.90 Å². The van der Waals surface area contributed by atoms with Gasteiger partial charge in [0.15, 0.2) is 0 Å². The smallest absolute Gasteiger partial charge is 0.416 e. The van der Waals surface area contributed by atoms with Crippen molar-refractivity contribution in [1.29, 1.82) is 0 Å². The van der Waals surface area contributed by atoms with Crippen molar-refractivity contribution < 1.29 is 9.53 Å². The average molecular weight is 266 g/mol. The highest BCUT2D eigenvalue weighted by Gasteiger charge is 2.41. The van der Waals surface area contributed by atoms with E-state index in [9.17, 15) is 4.79 Å². The summed E-state index contributed by atoms with van der Waals surface area (Å²) >= 11 is 0. The Morgan fingerprint density at radius 1 is 1.21 bits per heavy atom. The van der Waals surface area contributed by atoms with Crippen LogP contribution in [0.4, 0.5) is 10.6 Å². The van der Waals surface area contributed by atoms with Gasteiger partial charge < -0.3 is 4.74 Å². The predicted octanol–water partition coefficient (Wildman–Crippen LogP) is 4.18. The molecule has 1 aliphatic rings. The molecule has 0 unspecified atom stereocenters. The second-order valence-electron chi connectivity index (χ2n) is 4.34. The Bertz CT molecular complexity index is 403. The van der Waals surface area contributed by atoms with Gasteiger partial charge in [0.25, 0.3) is 0 Å². The van der Waals surface area contributed by atoms with Crippen molar-refractivity contribution in [1.82, 2.24) is 4.98 Å². The summed E-state index contributed by atoms with van der Waals surface area (Å²) in [4.78, 5) is 17.5. The lowest BCUT2D eigenvalue weighted by molar-refractivity contribution is 0.175. The standard InChI is InChI=1S/C11H14N2O2.2C2H6/c1-8-5-4-6-9(12-8)13-10(14)15-7-11(13,2)3;2*1-2/h4-6H,7H2,1-3H3;2*1-2H3. The van der Waals surface area contributed by atoms with Gasteiger partial charge >= 0.3 is 6.09 Å². The molecule has 1 aliphatic heterocycles. The van der Waals surface area contributed by atoms with Crippen molar-refractivity contribution in [2.75, 3.05) is 11.5 Å². The number of aromatic nitrogens is 1. The molecule has 1 aromatic heterocycles. The zero-order valence-corrected chi connectivity index (χ0v) is 13.2. The molecule has 0 aromatic carbocycles. The summed E-state index contributed by atoms with van der Waals surface area (Å²) in [7, 11) is 0. The maximum absolute atomic E-state index is 11.6. The van der Waals surface area contributed by atoms with E-state index in [4.69, 9.17) is 4.74 Å². The molecule has 108 valence electrons. The van der Waals surface area contributed by atoms with Gasteiger partial charge in [-0.1, -0.05) is 33.8 Å². The first-order valence-corrected chi connectivity index (χ1v) is 6.91. The van der Waals surface area contributed by atoms with E-state index in [1.54, 1.807) is 4.90 Å². The van der Waals surface area contributed by atoms with E-state index in [2.05, 4.69) is 4.98 Å². The number of amides is 1. The predicted molar refractivity (Wildman–Crippen MR) is 79.6 cm³/mol. The second kappa shape index (κ2) is 7.77. The molecule has 2 heterocycles. The lowest BCUT2D eigenvalue weighted by Gasteiger charge is -2.26. The van der Waals surface area contributed by atoms with Crippen LogP contribution in [0.2, 0.25) is 0 Å². The molecular formula is C15H26N2O2. The number of carbonyl (C=O) groups is 1. The van der Waals surface area contributed by atoms with E-state index in [0.29, 0.717) is 12.4 Å². The van der Waals surface area contributed by atoms with Crippen LogP contribution in [0.1, 0.15) is 47.2 Å². The Morgan fingerprint density at radius 3 is 2.21 bits per heavy atom. The quantitative estimate of drug-likeness (QED) is 0.766. The first-order valence-electron chi connectivity index (χ1n) is 6.91. The first-order chi connectivity index (χ1) is 9.00. The molecule has 1 saturated heterocycles. The average Bonchev–Trinajstić information content (AvgIpc) is 2.68. The monoisotopic (exact) mass is 266 g/mol. The molecule has 0 saturated carbocycles. The minimum absolute atomic E-state index is 0.321. The SMILES string of the molecule is CC.CC.Cc1cccc(N2C(=O)OCC2(C)C)n1. The Balaban J connectivity index is 0.000000741. The fourth-order valence-corrected chi connectivity index (χ4v) is 1.67. The van der Waals surface area contributed by atoms with Crippen LogP contribution in [0.15, 0.2) is 18.2 Å². The molecule has 1 fully saturated rings. The van der Waals surface area contributed by atoms with Crippen LogP contribution in [-0.2, 0) is 4.74 Å². The third kappa shape index (κ3) is 4.23. The highest BCUT2D eigenvalue weighted by Crippen LogP contribution is 2.28. The zero-order chi connectivity index (χ0) is 15.1. The van der Waals surface area contributed by atoms with Crippen molar-refractivity contribution >= 4 is 11.9 Å². The minimum atomic E-state index is -0.322. The topological polar surface area (TPSA) is 42.4 Å². The number of rotatable bonds is 1. The van der Waals surface area contributed by atoms with Crippen LogP contribution in [0.5, 0.6) is 0 Å². The number of cyclic esters (lactones) is 1. The van der Waals surface area contributed by atoms with Crippen LogP contribution >= 0.6 is 0 Å². The molecule has 0 atom stereocenters. The van der Waals surface area contributed by atoms with Crippen molar-refractivity contribution in [2.45, 2.75) is 54.0 Å². The Hall–Kier alpha value is -1.58. The summed E-state index contributed by atoms with van der Waals surface area (Å²) in [6.45, 7) is 14.2. The second-order valence-corrected chi connectivity index (χ2v) is 4.34. The van der Waals surface area contributed by atoms with Gasteiger partial charge in [-0.2, -0.15) is 0 Å². The van der Waals surface area contributed by atoms with Gasteiger partial charge in [0.05, 0.1) is 5.54 Å². The number of hydrogen-bond acceptors (Lipinski definition) is 3. The van der Waals surface area contributed by atoms with Gasteiger partial charge in [0, 0.05) is 5.69 Å². The van der Waals surface area contributed by atoms with Crippen molar-refractivity contribution in [3.63, 3.8) is 0 Å². The van der Waals surface area contributed by atoms with E-state index in [-0.39, 0.29) is 11.6 Å². The Kier molecular flexibility index (Phi) is 7.12. The van der Waals surface area contributed by atoms with Crippen LogP contribution in [0.25, 0.3) is 0 Å². The molecule has 0 spiro atoms. The molecule has 0 bridgehead atoms. The molecule has 19 heavy (non-hydrogen) atoms. The number of nitrogens with zero attached hydrogens (tertiary/aromatic N) is 2. The number of anilines is 1. The lowest BCUT2D eigenvalue weighted by Crippen LogP contribution is -2.42. The van der Waals surface area contributed by atoms with Crippen LogP contribution in [-0.4, -0.2) is 23.2 Å². The third-order valence-electron chi connectivity index (χ3n) is 2.44. The van der Waals surface area contributed by atoms with Gasteiger partial charge in [-0.15, -0.1) is 0 Å². The minimum Gasteiger partial charge on any atom is -0.447 e. The maximum atomic E-state index is 11.6. The summed E-state index contributed by atoms with van der Waals surface area (Å²) in [5.41, 5.74) is 0.570. The summed E-state index contributed by atoms with van der Waals surface area (Å²) < 4.78 is 5.02. The molecule has 1 amide bonds. The molecule has 0 N–H and O–H groups in total. The molecule has 4 heteroatoms. The highest BCUT2D eigenvalue weighted by molar-refractivity contribution is 5.90. The first kappa shape index (κ1) is 17.4. The number of pyridine rings is 1. The van der Waals surface area contributed by atoms with Crippen molar-refractivity contribution in [3.05, 3.63) is 23.9 Å². The van der Waals surface area contributed by atoms with E-state index < -0.39 is 0 Å². The maximum Gasteiger partial charge on any atom is 0.416 e. The summed E-state index contributed by atoms with van der Waals surface area (Å²) in [5, 5.41) is 0. The summed E-state index contributed by atoms with van der Waals surface area (Å²) in [6, 6.07) is 5.61. The van der Waals surface area contributed by atoms with Gasteiger partial charge in [0.1, 0.15) is 12.4 Å². The third-order valence-corrected chi connectivity index (χ3v) is 2.44. The van der Waals surface area contributed by atoms with Crippen molar-refractivity contribution in [2.24, 2.45) is 0 Å². The molecule has 1 aromatic rings. The number of hydrogen-bond donors (Lipinski definition) is 0. The molecule has 4 nitrogen and oxygen atoms in total. The van der Waals surface area contributed by atoms with E-state index in [0.717, 1.165) is 5.69 Å². The Labute approximate surface area is 116 Å². The van der Waals surface area contributed by atoms with Crippen LogP contribution in [0.3, 0.4) is 0 Å². The number of ether oxygens (including phenoxy) is 1. The van der Waals surface area contributed by atoms with Gasteiger partial charge in [0.2, 0.25) is 0 Å². The highest BCUT2D eigenvalue weighted by atomic mass is 16.6. The normalized spacial score (nSPS) is 15.7. The number of aryl methyl sites for hydroxylation is 1. The number of carbonyl (C=O) groups excluding carboxylic acids is 1.